The molecule has 0 spiro atoms. The number of nitrogens with zero attached hydrogens (tertiary/aromatic N) is 7. The summed E-state index contributed by atoms with van der Waals surface area (Å²) in [6.07, 6.45) is -0.267. The Labute approximate surface area is 258 Å². The van der Waals surface area contributed by atoms with E-state index in [1.807, 2.05) is 13.0 Å². The number of anilines is 4. The quantitative estimate of drug-likeness (QED) is 0.125. The highest BCUT2D eigenvalue weighted by Gasteiger charge is 2.35. The van der Waals surface area contributed by atoms with Gasteiger partial charge >= 0.3 is 19.2 Å². The van der Waals surface area contributed by atoms with Gasteiger partial charge < -0.3 is 40.1 Å². The smallest absolute Gasteiger partial charge is 0.453 e. The third-order valence-electron chi connectivity index (χ3n) is 6.09. The lowest BCUT2D eigenvalue weighted by Crippen LogP contribution is -2.55. The van der Waals surface area contributed by atoms with Gasteiger partial charge in [-0.3, -0.25) is 0 Å². The number of halogens is 1. The SMILES string of the molecule is CCNc1nc(Nc2cc(C#N)cc(N3CC[C@@H](NC(=O)OC)[C@H](OC(=O)SOP(=O)(O)O)C3)c2Cl)nn2c(C#N)cnc12. The fourth-order valence-electron chi connectivity index (χ4n) is 4.26. The minimum atomic E-state index is -4.98. The number of alkyl carbamates (subject to hydrolysis) is 1. The van der Waals surface area contributed by atoms with E-state index in [1.54, 1.807) is 4.90 Å². The number of nitriles is 2. The van der Waals surface area contributed by atoms with Crippen molar-refractivity contribution in [1.82, 2.24) is 24.9 Å². The van der Waals surface area contributed by atoms with Crippen molar-refractivity contribution in [2.24, 2.45) is 0 Å². The standard InChI is InChI=1S/C23H24ClN10O8PS/c1-3-27-19-20-28-10-13(9-26)34(20)32-21(31-19)29-15-6-12(8-25)7-16(18(15)24)33-5-4-14(30-22(35)40-2)17(11-33)41-23(36)44-42-43(37,38)39/h6-7,10,14,17H,3-5,11H2,1-2H3,(H,30,35)(H2,37,38,39)(H2,27,29,31,32)/t14-,17-/m1/s1. The van der Waals surface area contributed by atoms with E-state index in [2.05, 4.69) is 45.8 Å². The molecular formula is C23H24ClN10O8PS. The van der Waals surface area contributed by atoms with Crippen LogP contribution in [0, 0.1) is 22.7 Å². The second kappa shape index (κ2) is 14.0. The van der Waals surface area contributed by atoms with Crippen LogP contribution in [0.1, 0.15) is 24.6 Å². The van der Waals surface area contributed by atoms with E-state index < -0.39 is 31.4 Å². The van der Waals surface area contributed by atoms with E-state index in [9.17, 15) is 24.7 Å². The summed E-state index contributed by atoms with van der Waals surface area (Å²) in [5.74, 6) is 0.394. The number of phosphoric acid groups is 1. The molecule has 1 aromatic carbocycles. The van der Waals surface area contributed by atoms with Crippen LogP contribution < -0.4 is 20.9 Å². The third-order valence-corrected chi connectivity index (χ3v) is 7.79. The van der Waals surface area contributed by atoms with Crippen LogP contribution in [-0.2, 0) is 18.0 Å². The van der Waals surface area contributed by atoms with Gasteiger partial charge in [-0.2, -0.15) is 20.0 Å². The lowest BCUT2D eigenvalue weighted by molar-refractivity contribution is 0.0813. The number of carbonyl (C=O) groups excluding carboxylic acids is 2. The monoisotopic (exact) mass is 666 g/mol. The van der Waals surface area contributed by atoms with Crippen molar-refractivity contribution in [3.05, 3.63) is 34.6 Å². The third kappa shape index (κ3) is 7.77. The maximum absolute atomic E-state index is 12.3. The molecule has 1 aliphatic heterocycles. The summed E-state index contributed by atoms with van der Waals surface area (Å²) in [5, 5.41) is 31.2. The van der Waals surface area contributed by atoms with E-state index in [1.165, 1.54) is 22.8 Å². The van der Waals surface area contributed by atoms with Crippen LogP contribution >= 0.6 is 31.5 Å². The first-order valence-corrected chi connectivity index (χ1v) is 15.2. The Hall–Kier alpha value is -4.36. The van der Waals surface area contributed by atoms with Gasteiger partial charge in [-0.1, -0.05) is 11.6 Å². The predicted molar refractivity (Wildman–Crippen MR) is 156 cm³/mol. The van der Waals surface area contributed by atoms with E-state index in [0.29, 0.717) is 23.7 Å². The zero-order valence-corrected chi connectivity index (χ0v) is 25.4. The molecule has 232 valence electrons. The molecule has 0 unspecified atom stereocenters. The Morgan fingerprint density at radius 3 is 2.73 bits per heavy atom. The van der Waals surface area contributed by atoms with Crippen molar-refractivity contribution in [1.29, 1.82) is 10.5 Å². The first kappa shape index (κ1) is 32.6. The summed E-state index contributed by atoms with van der Waals surface area (Å²) in [4.78, 5) is 52.3. The van der Waals surface area contributed by atoms with Crippen LogP contribution in [0.2, 0.25) is 5.02 Å². The highest BCUT2D eigenvalue weighted by atomic mass is 35.5. The van der Waals surface area contributed by atoms with Crippen molar-refractivity contribution in [3.8, 4) is 12.1 Å². The van der Waals surface area contributed by atoms with Gasteiger partial charge in [-0.15, -0.1) is 5.10 Å². The molecule has 18 nitrogen and oxygen atoms in total. The van der Waals surface area contributed by atoms with Gasteiger partial charge in [0.1, 0.15) is 24.2 Å². The van der Waals surface area contributed by atoms with Crippen molar-refractivity contribution in [2.75, 3.05) is 42.3 Å². The van der Waals surface area contributed by atoms with Gasteiger partial charge in [-0.25, -0.2) is 23.1 Å². The molecule has 0 bridgehead atoms. The molecule has 1 aliphatic rings. The Kier molecular flexibility index (Phi) is 10.3. The zero-order valence-electron chi connectivity index (χ0n) is 22.9. The minimum absolute atomic E-state index is 0.0424. The average molecular weight is 667 g/mol. The van der Waals surface area contributed by atoms with Gasteiger partial charge in [0.2, 0.25) is 5.95 Å². The maximum Gasteiger partial charge on any atom is 0.481 e. The number of benzene rings is 1. The number of nitrogens with one attached hydrogen (secondary N) is 3. The Morgan fingerprint density at radius 2 is 2.07 bits per heavy atom. The highest BCUT2D eigenvalue weighted by molar-refractivity contribution is 8.11. The first-order chi connectivity index (χ1) is 21.0. The van der Waals surface area contributed by atoms with Crippen molar-refractivity contribution < 1.29 is 37.4 Å². The van der Waals surface area contributed by atoms with Crippen LogP contribution in [-0.4, -0.2) is 79.7 Å². The molecule has 21 heteroatoms. The number of methoxy groups -OCH3 is 1. The molecule has 0 radical (unpaired) electrons. The van der Waals surface area contributed by atoms with Crippen LogP contribution in [0.4, 0.5) is 32.7 Å². The molecule has 0 saturated carbocycles. The molecular weight excluding hydrogens is 643 g/mol. The summed E-state index contributed by atoms with van der Waals surface area (Å²) in [6.45, 7) is 2.58. The Bertz CT molecular complexity index is 1710. The Morgan fingerprint density at radius 1 is 1.30 bits per heavy atom. The van der Waals surface area contributed by atoms with E-state index in [0.717, 1.165) is 7.11 Å². The second-order valence-corrected chi connectivity index (χ2v) is 11.4. The number of hydrogen-bond donors (Lipinski definition) is 5. The summed E-state index contributed by atoms with van der Waals surface area (Å²) < 4.78 is 26.5. The number of hydrogen-bond acceptors (Lipinski definition) is 15. The number of carbonyl (C=O) groups is 2. The molecule has 1 fully saturated rings. The maximum atomic E-state index is 12.3. The highest BCUT2D eigenvalue weighted by Crippen LogP contribution is 2.42. The van der Waals surface area contributed by atoms with Crippen LogP contribution in [0.3, 0.4) is 0 Å². The fraction of sp³-hybridized carbons (Fsp3) is 0.348. The Balaban J connectivity index is 1.65. The second-order valence-electron chi connectivity index (χ2n) is 8.93. The zero-order chi connectivity index (χ0) is 32.0. The molecule has 1 amide bonds. The van der Waals surface area contributed by atoms with Crippen LogP contribution in [0.15, 0.2) is 18.3 Å². The van der Waals surface area contributed by atoms with Crippen LogP contribution in [0.25, 0.3) is 5.65 Å². The molecule has 44 heavy (non-hydrogen) atoms. The molecule has 5 N–H and O–H groups in total. The average Bonchev–Trinajstić information content (AvgIpc) is 3.41. The van der Waals surface area contributed by atoms with Gasteiger partial charge in [0.05, 0.1) is 53.9 Å². The minimum Gasteiger partial charge on any atom is -0.453 e. The van der Waals surface area contributed by atoms with Crippen molar-refractivity contribution in [2.45, 2.75) is 25.5 Å². The van der Waals surface area contributed by atoms with Gasteiger partial charge in [0.15, 0.2) is 17.2 Å². The summed E-state index contributed by atoms with van der Waals surface area (Å²) in [5.41, 5.74) is 1.30. The summed E-state index contributed by atoms with van der Waals surface area (Å²) in [7, 11) is -3.82. The number of aromatic nitrogens is 4. The first-order valence-electron chi connectivity index (χ1n) is 12.6. The van der Waals surface area contributed by atoms with Gasteiger partial charge in [0.25, 0.3) is 0 Å². The van der Waals surface area contributed by atoms with Gasteiger partial charge in [-0.05, 0) is 25.5 Å². The largest absolute Gasteiger partial charge is 0.481 e. The van der Waals surface area contributed by atoms with Crippen molar-refractivity contribution in [3.63, 3.8) is 0 Å². The summed E-state index contributed by atoms with van der Waals surface area (Å²) >= 11 is 6.62. The predicted octanol–water partition coefficient (Wildman–Crippen LogP) is 2.89. The molecule has 2 atom stereocenters. The fourth-order valence-corrected chi connectivity index (χ4v) is 5.33. The molecule has 3 aromatic rings. The van der Waals surface area contributed by atoms with E-state index in [4.69, 9.17) is 26.1 Å². The number of fused-ring (bicyclic) bond motifs is 1. The normalized spacial score (nSPS) is 16.5. The topological polar surface area (TPSA) is 249 Å². The molecule has 1 saturated heterocycles. The lowest BCUT2D eigenvalue weighted by Gasteiger charge is -2.39. The van der Waals surface area contributed by atoms with Crippen LogP contribution in [0.5, 0.6) is 0 Å². The number of rotatable bonds is 9. The number of ether oxygens (including phenoxy) is 2. The lowest BCUT2D eigenvalue weighted by atomic mass is 10.0. The van der Waals surface area contributed by atoms with E-state index in [-0.39, 0.29) is 59.5 Å². The summed E-state index contributed by atoms with van der Waals surface area (Å²) in [6, 6.07) is 6.31. The van der Waals surface area contributed by atoms with Gasteiger partial charge in [0, 0.05) is 13.1 Å². The van der Waals surface area contributed by atoms with E-state index >= 15 is 0 Å². The number of imidazole rings is 1. The number of piperidine rings is 1. The molecule has 0 aliphatic carbocycles. The molecule has 2 aromatic heterocycles. The van der Waals surface area contributed by atoms with Crippen molar-refractivity contribution >= 4 is 71.6 Å². The number of amides is 1. The molecule has 3 heterocycles. The molecule has 4 rings (SSSR count).